The van der Waals surface area contributed by atoms with Crippen molar-refractivity contribution in [3.05, 3.63) is 56.7 Å². The number of rotatable bonds is 10. The van der Waals surface area contributed by atoms with Crippen molar-refractivity contribution in [1.29, 1.82) is 0 Å². The molecule has 0 spiro atoms. The van der Waals surface area contributed by atoms with Gasteiger partial charge in [0, 0.05) is 20.1 Å². The van der Waals surface area contributed by atoms with Crippen LogP contribution in [-0.2, 0) is 16.1 Å². The number of H-pyrrole nitrogens is 1. The molecule has 2 fully saturated rings. The molecule has 2 saturated carbocycles. The predicted octanol–water partition coefficient (Wildman–Crippen LogP) is 1.97. The number of aromatic nitrogens is 2. The lowest BCUT2D eigenvalue weighted by Gasteiger charge is -2.26. The Kier molecular flexibility index (Phi) is 6.27. The average molecular weight is 427 g/mol. The zero-order valence-electron chi connectivity index (χ0n) is 17.9. The number of methoxy groups -OCH3 is 1. The molecule has 0 aliphatic heterocycles. The van der Waals surface area contributed by atoms with Gasteiger partial charge in [-0.15, -0.1) is 0 Å². The second kappa shape index (κ2) is 9.09. The van der Waals surface area contributed by atoms with Crippen molar-refractivity contribution in [2.45, 2.75) is 38.6 Å². The molecule has 0 atom stereocenters. The van der Waals surface area contributed by atoms with Gasteiger partial charge in [0.1, 0.15) is 5.82 Å². The van der Waals surface area contributed by atoms with Crippen molar-refractivity contribution in [1.82, 2.24) is 9.55 Å². The number of nitrogens with two attached hydrogens (primary N) is 1. The Hall–Kier alpha value is -2.87. The monoisotopic (exact) mass is 426 g/mol. The zero-order chi connectivity index (χ0) is 22.0. The first-order valence-electron chi connectivity index (χ1n) is 11.0. The third kappa shape index (κ3) is 4.90. The van der Waals surface area contributed by atoms with Crippen LogP contribution in [0.3, 0.4) is 0 Å². The van der Waals surface area contributed by atoms with E-state index >= 15 is 0 Å². The molecular weight excluding hydrogens is 396 g/mol. The molecule has 8 nitrogen and oxygen atoms in total. The Morgan fingerprint density at radius 1 is 1.19 bits per heavy atom. The summed E-state index contributed by atoms with van der Waals surface area (Å²) in [6.45, 7) is 0.669. The van der Waals surface area contributed by atoms with E-state index in [4.69, 9.17) is 10.5 Å². The molecule has 2 aliphatic rings. The van der Waals surface area contributed by atoms with Gasteiger partial charge in [0.05, 0.1) is 13.2 Å². The Morgan fingerprint density at radius 3 is 2.42 bits per heavy atom. The van der Waals surface area contributed by atoms with Gasteiger partial charge in [-0.1, -0.05) is 30.3 Å². The lowest BCUT2D eigenvalue weighted by atomic mass is 9.93. The van der Waals surface area contributed by atoms with Crippen LogP contribution < -0.4 is 21.9 Å². The summed E-state index contributed by atoms with van der Waals surface area (Å²) in [5, 5.41) is 0. The summed E-state index contributed by atoms with van der Waals surface area (Å²) in [6.07, 6.45) is 5.11. The van der Waals surface area contributed by atoms with Crippen molar-refractivity contribution in [3.63, 3.8) is 0 Å². The van der Waals surface area contributed by atoms with Crippen molar-refractivity contribution < 1.29 is 9.53 Å². The van der Waals surface area contributed by atoms with Crippen LogP contribution in [0, 0.1) is 17.8 Å². The summed E-state index contributed by atoms with van der Waals surface area (Å²) >= 11 is 0. The van der Waals surface area contributed by atoms with Crippen LogP contribution in [0.5, 0.6) is 0 Å². The molecule has 1 aromatic carbocycles. The Bertz CT molecular complexity index is 1030. The number of benzene rings is 1. The molecule has 4 rings (SSSR count). The van der Waals surface area contributed by atoms with Crippen LogP contribution in [0.1, 0.15) is 37.7 Å². The number of nitrogens with one attached hydrogen (secondary N) is 1. The molecule has 31 heavy (non-hydrogen) atoms. The van der Waals surface area contributed by atoms with E-state index < -0.39 is 11.2 Å². The molecule has 0 bridgehead atoms. The zero-order valence-corrected chi connectivity index (χ0v) is 17.9. The summed E-state index contributed by atoms with van der Waals surface area (Å²) < 4.78 is 6.49. The number of nitrogen functional groups attached to an aromatic ring is 1. The van der Waals surface area contributed by atoms with Crippen LogP contribution in [0.2, 0.25) is 0 Å². The molecule has 2 aromatic rings. The topological polar surface area (TPSA) is 110 Å². The normalized spacial score (nSPS) is 15.9. The lowest BCUT2D eigenvalue weighted by Crippen LogP contribution is -2.43. The SMILES string of the molecule is COCCN(C(=O)CC(C1CC1)C1CC1)c1c(N)n(Cc2ccccc2)c(=O)[nH]c1=O. The Morgan fingerprint density at radius 2 is 1.84 bits per heavy atom. The van der Waals surface area contributed by atoms with Gasteiger partial charge in [-0.2, -0.15) is 0 Å². The quantitative estimate of drug-likeness (QED) is 0.604. The van der Waals surface area contributed by atoms with Crippen LogP contribution in [0.4, 0.5) is 11.5 Å². The highest BCUT2D eigenvalue weighted by molar-refractivity contribution is 5.95. The number of aromatic amines is 1. The van der Waals surface area contributed by atoms with Gasteiger partial charge in [-0.3, -0.25) is 19.1 Å². The summed E-state index contributed by atoms with van der Waals surface area (Å²) in [5.74, 6) is 1.46. The van der Waals surface area contributed by atoms with Gasteiger partial charge in [0.15, 0.2) is 5.69 Å². The average Bonchev–Trinajstić information content (AvgIpc) is 3.66. The fourth-order valence-corrected chi connectivity index (χ4v) is 4.38. The molecule has 1 amide bonds. The van der Waals surface area contributed by atoms with Gasteiger partial charge in [-0.05, 0) is 49.0 Å². The highest BCUT2D eigenvalue weighted by Gasteiger charge is 2.43. The van der Waals surface area contributed by atoms with Crippen LogP contribution in [0.25, 0.3) is 0 Å². The summed E-state index contributed by atoms with van der Waals surface area (Å²) in [7, 11) is 1.55. The summed E-state index contributed by atoms with van der Waals surface area (Å²) in [6, 6.07) is 9.37. The van der Waals surface area contributed by atoms with Gasteiger partial charge in [0.25, 0.3) is 5.56 Å². The molecule has 0 radical (unpaired) electrons. The Labute approximate surface area is 181 Å². The molecular formula is C23H30N4O4. The van der Waals surface area contributed by atoms with Crippen LogP contribution >= 0.6 is 0 Å². The van der Waals surface area contributed by atoms with Gasteiger partial charge < -0.3 is 15.4 Å². The second-order valence-corrected chi connectivity index (χ2v) is 8.65. The van der Waals surface area contributed by atoms with Crippen molar-refractivity contribution >= 4 is 17.4 Å². The molecule has 0 unspecified atom stereocenters. The number of hydrogen-bond donors (Lipinski definition) is 2. The molecule has 3 N–H and O–H groups in total. The third-order valence-corrected chi connectivity index (χ3v) is 6.35. The number of anilines is 2. The van der Waals surface area contributed by atoms with E-state index in [9.17, 15) is 14.4 Å². The molecule has 8 heteroatoms. The van der Waals surface area contributed by atoms with E-state index in [0.29, 0.717) is 24.2 Å². The lowest BCUT2D eigenvalue weighted by molar-refractivity contribution is -0.120. The first-order chi connectivity index (χ1) is 15.0. The highest BCUT2D eigenvalue weighted by atomic mass is 16.5. The van der Waals surface area contributed by atoms with E-state index in [2.05, 4.69) is 4.98 Å². The van der Waals surface area contributed by atoms with E-state index in [-0.39, 0.29) is 37.1 Å². The molecule has 2 aliphatic carbocycles. The number of nitrogens with zero attached hydrogens (tertiary/aromatic N) is 2. The summed E-state index contributed by atoms with van der Waals surface area (Å²) in [4.78, 5) is 42.4. The minimum Gasteiger partial charge on any atom is -0.383 e. The molecule has 1 heterocycles. The maximum atomic E-state index is 13.4. The fraction of sp³-hybridized carbons (Fsp3) is 0.522. The number of hydrogen-bond acceptors (Lipinski definition) is 5. The predicted molar refractivity (Wildman–Crippen MR) is 119 cm³/mol. The van der Waals surface area contributed by atoms with Gasteiger partial charge >= 0.3 is 5.69 Å². The third-order valence-electron chi connectivity index (χ3n) is 6.35. The Balaban J connectivity index is 1.66. The first-order valence-corrected chi connectivity index (χ1v) is 11.0. The largest absolute Gasteiger partial charge is 0.383 e. The van der Waals surface area contributed by atoms with Gasteiger partial charge in [0.2, 0.25) is 5.91 Å². The number of ether oxygens (including phenoxy) is 1. The molecule has 1 aromatic heterocycles. The van der Waals surface area contributed by atoms with E-state index in [0.717, 1.165) is 5.56 Å². The number of carbonyl (C=O) groups is 1. The van der Waals surface area contributed by atoms with Crippen molar-refractivity contribution in [2.75, 3.05) is 30.9 Å². The van der Waals surface area contributed by atoms with Crippen molar-refractivity contribution in [3.8, 4) is 0 Å². The minimum atomic E-state index is -0.648. The summed E-state index contributed by atoms with van der Waals surface area (Å²) in [5.41, 5.74) is 5.98. The van der Waals surface area contributed by atoms with E-state index in [1.54, 1.807) is 7.11 Å². The maximum Gasteiger partial charge on any atom is 0.330 e. The molecule has 0 saturated heterocycles. The van der Waals surface area contributed by atoms with Gasteiger partial charge in [-0.25, -0.2) is 4.79 Å². The highest BCUT2D eigenvalue weighted by Crippen LogP contribution is 2.50. The maximum absolute atomic E-state index is 13.4. The minimum absolute atomic E-state index is 0.00329. The molecule has 166 valence electrons. The second-order valence-electron chi connectivity index (χ2n) is 8.65. The van der Waals surface area contributed by atoms with E-state index in [1.807, 2.05) is 30.3 Å². The number of amides is 1. The smallest absolute Gasteiger partial charge is 0.330 e. The van der Waals surface area contributed by atoms with Crippen LogP contribution in [-0.4, -0.2) is 35.7 Å². The van der Waals surface area contributed by atoms with Crippen molar-refractivity contribution in [2.24, 2.45) is 17.8 Å². The fourth-order valence-electron chi connectivity index (χ4n) is 4.38. The van der Waals surface area contributed by atoms with E-state index in [1.165, 1.54) is 35.2 Å². The van der Waals surface area contributed by atoms with Crippen LogP contribution in [0.15, 0.2) is 39.9 Å². The standard InChI is InChI=1S/C23H30N4O4/c1-31-12-11-26(19(28)13-18(16-7-8-16)17-9-10-17)20-21(24)27(23(30)25-22(20)29)14-15-5-3-2-4-6-15/h2-6,16-18H,7-14,24H2,1H3,(H,25,29,30). The first kappa shape index (κ1) is 21.4. The number of carbonyl (C=O) groups excluding carboxylic acids is 1.